The van der Waals surface area contributed by atoms with Gasteiger partial charge < -0.3 is 14.4 Å². The molecule has 1 aliphatic rings. The number of methoxy groups -OCH3 is 2. The first-order valence-electron chi connectivity index (χ1n) is 9.55. The Morgan fingerprint density at radius 2 is 1.74 bits per heavy atom. The number of anilines is 1. The zero-order chi connectivity index (χ0) is 22.5. The maximum absolute atomic E-state index is 12.5. The highest BCUT2D eigenvalue weighted by atomic mass is 35.5. The number of carbonyl (C=O) groups excluding carboxylic acids is 2. The summed E-state index contributed by atoms with van der Waals surface area (Å²) in [5, 5.41) is 11.6. The van der Waals surface area contributed by atoms with Gasteiger partial charge in [0.15, 0.2) is 0 Å². The lowest BCUT2D eigenvalue weighted by atomic mass is 10.0. The molecule has 2 aromatic rings. The molecule has 1 aliphatic heterocycles. The molecule has 1 unspecified atom stereocenters. The third-order valence-electron chi connectivity index (χ3n) is 5.24. The summed E-state index contributed by atoms with van der Waals surface area (Å²) in [5.41, 5.74) is 1.15. The third kappa shape index (κ3) is 4.78. The fraction of sp³-hybridized carbons (Fsp3) is 0.333. The third-order valence-corrected chi connectivity index (χ3v) is 5.58. The van der Waals surface area contributed by atoms with Gasteiger partial charge in [-0.1, -0.05) is 29.8 Å². The molecule has 3 rings (SSSR count). The Hall–Kier alpha value is -3.17. The minimum absolute atomic E-state index is 0.126. The summed E-state index contributed by atoms with van der Waals surface area (Å²) in [5.74, 6) is -1.06. The molecule has 164 valence electrons. The highest BCUT2D eigenvalue weighted by Crippen LogP contribution is 2.32. The molecule has 1 heterocycles. The second kappa shape index (κ2) is 9.76. The second-order valence-corrected chi connectivity index (χ2v) is 7.33. The van der Waals surface area contributed by atoms with Crippen LogP contribution in [-0.2, 0) is 14.3 Å². The zero-order valence-electron chi connectivity index (χ0n) is 17.1. The number of carbonyl (C=O) groups is 2. The number of ether oxygens (including phenoxy) is 2. The van der Waals surface area contributed by atoms with E-state index in [4.69, 9.17) is 21.1 Å². The van der Waals surface area contributed by atoms with Crippen molar-refractivity contribution in [2.24, 2.45) is 0 Å². The maximum Gasteiger partial charge on any atom is 0.340 e. The van der Waals surface area contributed by atoms with Crippen molar-refractivity contribution in [2.45, 2.75) is 6.04 Å². The Bertz CT molecular complexity index is 991. The van der Waals surface area contributed by atoms with Gasteiger partial charge in [-0.05, 0) is 17.7 Å². The van der Waals surface area contributed by atoms with E-state index in [1.165, 1.54) is 26.4 Å². The lowest BCUT2D eigenvalue weighted by molar-refractivity contribution is -0.384. The lowest BCUT2D eigenvalue weighted by Crippen LogP contribution is -2.49. The van der Waals surface area contributed by atoms with Crippen LogP contribution in [0.4, 0.5) is 11.4 Å². The van der Waals surface area contributed by atoms with Gasteiger partial charge in [0, 0.05) is 43.3 Å². The minimum atomic E-state index is -0.655. The van der Waals surface area contributed by atoms with Crippen molar-refractivity contribution in [1.82, 2.24) is 4.90 Å². The first kappa shape index (κ1) is 22.5. The van der Waals surface area contributed by atoms with Crippen LogP contribution >= 0.6 is 11.6 Å². The van der Waals surface area contributed by atoms with E-state index in [0.29, 0.717) is 42.5 Å². The molecule has 0 N–H and O–H groups in total. The predicted molar refractivity (Wildman–Crippen MR) is 114 cm³/mol. The number of halogens is 1. The Morgan fingerprint density at radius 3 is 2.32 bits per heavy atom. The van der Waals surface area contributed by atoms with E-state index < -0.39 is 22.9 Å². The molecule has 0 aromatic heterocycles. The molecule has 0 bridgehead atoms. The summed E-state index contributed by atoms with van der Waals surface area (Å²) in [6.45, 7) is 1.95. The Labute approximate surface area is 184 Å². The van der Waals surface area contributed by atoms with Crippen LogP contribution in [0.25, 0.3) is 0 Å². The molecule has 0 spiro atoms. The SMILES string of the molecule is COC(=O)c1cc([N+](=O)[O-])ccc1N1CCN(C(C(=O)OC)c2ccccc2Cl)CC1. The van der Waals surface area contributed by atoms with Crippen LogP contribution in [0.1, 0.15) is 22.0 Å². The molecular weight excluding hydrogens is 426 g/mol. The molecule has 0 radical (unpaired) electrons. The van der Waals surface area contributed by atoms with E-state index in [1.54, 1.807) is 24.3 Å². The molecular formula is C21H22ClN3O6. The molecule has 0 amide bonds. The molecule has 10 heteroatoms. The fourth-order valence-electron chi connectivity index (χ4n) is 3.69. The van der Waals surface area contributed by atoms with Gasteiger partial charge in [0.1, 0.15) is 6.04 Å². The van der Waals surface area contributed by atoms with E-state index in [-0.39, 0.29) is 11.3 Å². The van der Waals surface area contributed by atoms with E-state index in [9.17, 15) is 19.7 Å². The maximum atomic E-state index is 12.5. The van der Waals surface area contributed by atoms with Gasteiger partial charge in [-0.15, -0.1) is 0 Å². The predicted octanol–water partition coefficient (Wildman–Crippen LogP) is 3.07. The van der Waals surface area contributed by atoms with Crippen LogP contribution in [0.15, 0.2) is 42.5 Å². The van der Waals surface area contributed by atoms with E-state index in [0.717, 1.165) is 0 Å². The van der Waals surface area contributed by atoms with Crippen molar-refractivity contribution in [2.75, 3.05) is 45.3 Å². The smallest absolute Gasteiger partial charge is 0.340 e. The molecule has 0 aliphatic carbocycles. The van der Waals surface area contributed by atoms with Crippen molar-refractivity contribution in [1.29, 1.82) is 0 Å². The standard InChI is InChI=1S/C21H22ClN3O6/c1-30-20(26)16-13-14(25(28)29)7-8-18(16)23-9-11-24(12-10-23)19(21(27)31-2)15-5-3-4-6-17(15)22/h3-8,13,19H,9-12H2,1-2H3. The van der Waals surface area contributed by atoms with Crippen molar-refractivity contribution in [3.8, 4) is 0 Å². The monoisotopic (exact) mass is 447 g/mol. The van der Waals surface area contributed by atoms with Crippen molar-refractivity contribution in [3.63, 3.8) is 0 Å². The van der Waals surface area contributed by atoms with Crippen LogP contribution in [0, 0.1) is 10.1 Å². The minimum Gasteiger partial charge on any atom is -0.468 e. The summed E-state index contributed by atoms with van der Waals surface area (Å²) >= 11 is 6.32. The molecule has 1 fully saturated rings. The summed E-state index contributed by atoms with van der Waals surface area (Å²) < 4.78 is 9.81. The van der Waals surface area contributed by atoms with Gasteiger partial charge in [-0.25, -0.2) is 9.59 Å². The number of piperazine rings is 1. The number of esters is 2. The number of benzene rings is 2. The average Bonchev–Trinajstić information content (AvgIpc) is 2.79. The van der Waals surface area contributed by atoms with Crippen LogP contribution in [0.3, 0.4) is 0 Å². The highest BCUT2D eigenvalue weighted by molar-refractivity contribution is 6.31. The zero-order valence-corrected chi connectivity index (χ0v) is 17.9. The first-order chi connectivity index (χ1) is 14.9. The summed E-state index contributed by atoms with van der Waals surface area (Å²) in [6, 6.07) is 10.6. The van der Waals surface area contributed by atoms with Crippen molar-refractivity contribution >= 4 is 34.9 Å². The first-order valence-corrected chi connectivity index (χ1v) is 9.93. The van der Waals surface area contributed by atoms with Crippen molar-refractivity contribution < 1.29 is 24.0 Å². The lowest BCUT2D eigenvalue weighted by Gasteiger charge is -2.39. The van der Waals surface area contributed by atoms with E-state index in [1.807, 2.05) is 15.9 Å². The van der Waals surface area contributed by atoms with Gasteiger partial charge in [-0.3, -0.25) is 15.0 Å². The normalized spacial score (nSPS) is 15.3. The fourth-order valence-corrected chi connectivity index (χ4v) is 3.93. The number of nitro groups is 1. The number of nitrogens with zero attached hydrogens (tertiary/aromatic N) is 3. The van der Waals surface area contributed by atoms with Gasteiger partial charge in [-0.2, -0.15) is 0 Å². The summed E-state index contributed by atoms with van der Waals surface area (Å²) in [4.78, 5) is 39.2. The Morgan fingerprint density at radius 1 is 1.06 bits per heavy atom. The van der Waals surface area contributed by atoms with Crippen LogP contribution in [-0.4, -0.2) is 62.2 Å². The number of non-ortho nitro benzene ring substituents is 1. The van der Waals surface area contributed by atoms with Gasteiger partial charge >= 0.3 is 11.9 Å². The molecule has 0 saturated carbocycles. The van der Waals surface area contributed by atoms with Crippen LogP contribution < -0.4 is 4.90 Å². The Balaban J connectivity index is 1.84. The summed E-state index contributed by atoms with van der Waals surface area (Å²) in [6.07, 6.45) is 0. The van der Waals surface area contributed by atoms with E-state index >= 15 is 0 Å². The molecule has 1 saturated heterocycles. The molecule has 2 aromatic carbocycles. The second-order valence-electron chi connectivity index (χ2n) is 6.92. The summed E-state index contributed by atoms with van der Waals surface area (Å²) in [7, 11) is 2.56. The highest BCUT2D eigenvalue weighted by Gasteiger charge is 2.33. The van der Waals surface area contributed by atoms with Crippen molar-refractivity contribution in [3.05, 3.63) is 68.7 Å². The topological polar surface area (TPSA) is 102 Å². The molecule has 9 nitrogen and oxygen atoms in total. The van der Waals surface area contributed by atoms with E-state index in [2.05, 4.69) is 0 Å². The Kier molecular flexibility index (Phi) is 7.09. The average molecular weight is 448 g/mol. The van der Waals surface area contributed by atoms with Crippen LogP contribution in [0.5, 0.6) is 0 Å². The number of nitro benzene ring substituents is 1. The number of hydrogen-bond donors (Lipinski definition) is 0. The number of hydrogen-bond acceptors (Lipinski definition) is 8. The molecule has 1 atom stereocenters. The number of rotatable bonds is 6. The van der Waals surface area contributed by atoms with Gasteiger partial charge in [0.25, 0.3) is 5.69 Å². The van der Waals surface area contributed by atoms with Crippen LogP contribution in [0.2, 0.25) is 5.02 Å². The van der Waals surface area contributed by atoms with Gasteiger partial charge in [0.05, 0.1) is 30.4 Å². The largest absolute Gasteiger partial charge is 0.468 e. The molecule has 31 heavy (non-hydrogen) atoms. The quantitative estimate of drug-likeness (QED) is 0.378. The van der Waals surface area contributed by atoms with Gasteiger partial charge in [0.2, 0.25) is 0 Å².